The monoisotopic (exact) mass is 217 g/mol. The lowest BCUT2D eigenvalue weighted by molar-refractivity contribution is 1.09. The molecule has 0 aliphatic carbocycles. The molecule has 0 bridgehead atoms. The van der Waals surface area contributed by atoms with Crippen LogP contribution in [0.3, 0.4) is 0 Å². The summed E-state index contributed by atoms with van der Waals surface area (Å²) >= 11 is 1.82. The van der Waals surface area contributed by atoms with E-state index in [2.05, 4.69) is 43.1 Å². The Morgan fingerprint density at radius 3 is 2.87 bits per heavy atom. The summed E-state index contributed by atoms with van der Waals surface area (Å²) < 4.78 is 0. The minimum atomic E-state index is 1.01. The standard InChI is InChI=1S/C13H15NS/c1-3-13-14-9-12(15-13)8-11-6-4-5-10(2)7-11/h4-7,9H,3,8H2,1-2H3. The molecule has 0 saturated carbocycles. The topological polar surface area (TPSA) is 12.9 Å². The molecule has 0 spiro atoms. The summed E-state index contributed by atoms with van der Waals surface area (Å²) in [5, 5.41) is 1.23. The van der Waals surface area contributed by atoms with Gasteiger partial charge in [0.15, 0.2) is 0 Å². The number of nitrogens with zero attached hydrogens (tertiary/aromatic N) is 1. The largest absolute Gasteiger partial charge is 0.249 e. The third-order valence-electron chi connectivity index (χ3n) is 2.36. The molecule has 0 saturated heterocycles. The van der Waals surface area contributed by atoms with Gasteiger partial charge in [0.1, 0.15) is 0 Å². The molecule has 0 amide bonds. The highest BCUT2D eigenvalue weighted by atomic mass is 32.1. The Morgan fingerprint density at radius 2 is 2.20 bits per heavy atom. The van der Waals surface area contributed by atoms with E-state index in [0.29, 0.717) is 0 Å². The van der Waals surface area contributed by atoms with Crippen molar-refractivity contribution in [3.63, 3.8) is 0 Å². The smallest absolute Gasteiger partial charge is 0.0925 e. The quantitative estimate of drug-likeness (QED) is 0.765. The van der Waals surface area contributed by atoms with Crippen molar-refractivity contribution in [2.45, 2.75) is 26.7 Å². The van der Waals surface area contributed by atoms with Gasteiger partial charge in [-0.1, -0.05) is 36.8 Å². The molecule has 0 radical (unpaired) electrons. The minimum absolute atomic E-state index is 1.01. The van der Waals surface area contributed by atoms with E-state index in [-0.39, 0.29) is 0 Å². The van der Waals surface area contributed by atoms with Gasteiger partial charge in [-0.15, -0.1) is 11.3 Å². The predicted molar refractivity (Wildman–Crippen MR) is 65.5 cm³/mol. The second-order valence-corrected chi connectivity index (χ2v) is 4.94. The van der Waals surface area contributed by atoms with Gasteiger partial charge in [0, 0.05) is 17.5 Å². The van der Waals surface area contributed by atoms with E-state index in [1.165, 1.54) is 21.0 Å². The molecular weight excluding hydrogens is 202 g/mol. The fourth-order valence-electron chi connectivity index (χ4n) is 1.62. The van der Waals surface area contributed by atoms with E-state index < -0.39 is 0 Å². The van der Waals surface area contributed by atoms with E-state index in [9.17, 15) is 0 Å². The normalized spacial score (nSPS) is 10.5. The fourth-order valence-corrected chi connectivity index (χ4v) is 2.51. The molecule has 0 atom stereocenters. The summed E-state index contributed by atoms with van der Waals surface area (Å²) in [6.45, 7) is 4.28. The highest BCUT2D eigenvalue weighted by Gasteiger charge is 2.01. The molecule has 1 aromatic carbocycles. The van der Waals surface area contributed by atoms with Crippen molar-refractivity contribution in [3.05, 3.63) is 51.5 Å². The second kappa shape index (κ2) is 4.58. The molecule has 0 unspecified atom stereocenters. The van der Waals surface area contributed by atoms with Crippen molar-refractivity contribution in [2.75, 3.05) is 0 Å². The van der Waals surface area contributed by atoms with Gasteiger partial charge in [0.25, 0.3) is 0 Å². The van der Waals surface area contributed by atoms with Crippen LogP contribution in [-0.4, -0.2) is 4.98 Å². The van der Waals surface area contributed by atoms with Gasteiger partial charge in [-0.2, -0.15) is 0 Å². The van der Waals surface area contributed by atoms with Crippen LogP contribution >= 0.6 is 11.3 Å². The first-order chi connectivity index (χ1) is 7.28. The molecule has 0 aliphatic rings. The molecule has 1 aromatic heterocycles. The zero-order chi connectivity index (χ0) is 10.7. The molecule has 0 aliphatic heterocycles. The first kappa shape index (κ1) is 10.4. The van der Waals surface area contributed by atoms with Crippen LogP contribution in [-0.2, 0) is 12.8 Å². The SMILES string of the molecule is CCc1ncc(Cc2cccc(C)c2)s1. The zero-order valence-corrected chi connectivity index (χ0v) is 9.97. The maximum Gasteiger partial charge on any atom is 0.0925 e. The van der Waals surface area contributed by atoms with Gasteiger partial charge < -0.3 is 0 Å². The van der Waals surface area contributed by atoms with Gasteiger partial charge in [-0.3, -0.25) is 0 Å². The Hall–Kier alpha value is -1.15. The predicted octanol–water partition coefficient (Wildman–Crippen LogP) is 3.60. The van der Waals surface area contributed by atoms with Gasteiger partial charge in [-0.05, 0) is 18.9 Å². The van der Waals surface area contributed by atoms with Gasteiger partial charge in [-0.25, -0.2) is 4.98 Å². The molecule has 78 valence electrons. The second-order valence-electron chi connectivity index (χ2n) is 3.74. The number of benzene rings is 1. The lowest BCUT2D eigenvalue weighted by Gasteiger charge is -1.99. The summed E-state index contributed by atoms with van der Waals surface area (Å²) in [5.41, 5.74) is 2.70. The van der Waals surface area contributed by atoms with Gasteiger partial charge >= 0.3 is 0 Å². The Balaban J connectivity index is 2.14. The molecule has 1 nitrogen and oxygen atoms in total. The van der Waals surface area contributed by atoms with Crippen LogP contribution in [0.15, 0.2) is 30.5 Å². The number of aryl methyl sites for hydroxylation is 2. The van der Waals surface area contributed by atoms with E-state index in [1.54, 1.807) is 0 Å². The van der Waals surface area contributed by atoms with E-state index in [1.807, 2.05) is 17.5 Å². The van der Waals surface area contributed by atoms with Crippen molar-refractivity contribution >= 4 is 11.3 Å². The first-order valence-electron chi connectivity index (χ1n) is 5.27. The Morgan fingerprint density at radius 1 is 1.33 bits per heavy atom. The van der Waals surface area contributed by atoms with Crippen molar-refractivity contribution in [1.29, 1.82) is 0 Å². The number of rotatable bonds is 3. The van der Waals surface area contributed by atoms with Crippen LogP contribution in [0.2, 0.25) is 0 Å². The van der Waals surface area contributed by atoms with Crippen molar-refractivity contribution in [1.82, 2.24) is 4.98 Å². The summed E-state index contributed by atoms with van der Waals surface area (Å²) in [6, 6.07) is 8.67. The Labute approximate surface area is 94.8 Å². The van der Waals surface area contributed by atoms with Gasteiger partial charge in [0.05, 0.1) is 5.01 Å². The van der Waals surface area contributed by atoms with Crippen LogP contribution in [0.4, 0.5) is 0 Å². The third kappa shape index (κ3) is 2.66. The van der Waals surface area contributed by atoms with Crippen molar-refractivity contribution in [3.8, 4) is 0 Å². The van der Waals surface area contributed by atoms with E-state index >= 15 is 0 Å². The number of hydrogen-bond donors (Lipinski definition) is 0. The van der Waals surface area contributed by atoms with Crippen LogP contribution in [0.1, 0.15) is 27.9 Å². The van der Waals surface area contributed by atoms with E-state index in [0.717, 1.165) is 12.8 Å². The molecule has 1 heterocycles. The third-order valence-corrected chi connectivity index (χ3v) is 3.51. The zero-order valence-electron chi connectivity index (χ0n) is 9.16. The molecule has 0 N–H and O–H groups in total. The van der Waals surface area contributed by atoms with E-state index in [4.69, 9.17) is 0 Å². The lowest BCUT2D eigenvalue weighted by Crippen LogP contribution is -1.84. The number of hydrogen-bond acceptors (Lipinski definition) is 2. The Kier molecular flexibility index (Phi) is 3.17. The van der Waals surface area contributed by atoms with Crippen molar-refractivity contribution in [2.24, 2.45) is 0 Å². The molecule has 15 heavy (non-hydrogen) atoms. The summed E-state index contributed by atoms with van der Waals surface area (Å²) in [4.78, 5) is 5.73. The average Bonchev–Trinajstić information content (AvgIpc) is 2.65. The molecular formula is C13H15NS. The molecule has 2 aromatic rings. The minimum Gasteiger partial charge on any atom is -0.249 e. The summed E-state index contributed by atoms with van der Waals surface area (Å²) in [5.74, 6) is 0. The van der Waals surface area contributed by atoms with Crippen LogP contribution in [0.25, 0.3) is 0 Å². The molecule has 2 rings (SSSR count). The highest BCUT2D eigenvalue weighted by molar-refractivity contribution is 7.11. The highest BCUT2D eigenvalue weighted by Crippen LogP contribution is 2.18. The average molecular weight is 217 g/mol. The van der Waals surface area contributed by atoms with Crippen LogP contribution in [0.5, 0.6) is 0 Å². The summed E-state index contributed by atoms with van der Waals surface area (Å²) in [6.07, 6.45) is 4.06. The molecule has 2 heteroatoms. The maximum absolute atomic E-state index is 4.37. The Bertz CT molecular complexity index is 445. The van der Waals surface area contributed by atoms with Crippen LogP contribution in [0, 0.1) is 6.92 Å². The number of thiazole rings is 1. The number of aromatic nitrogens is 1. The lowest BCUT2D eigenvalue weighted by atomic mass is 10.1. The first-order valence-corrected chi connectivity index (χ1v) is 6.08. The maximum atomic E-state index is 4.37. The molecule has 0 fully saturated rings. The van der Waals surface area contributed by atoms with Crippen molar-refractivity contribution < 1.29 is 0 Å². The van der Waals surface area contributed by atoms with Gasteiger partial charge in [0.2, 0.25) is 0 Å². The summed E-state index contributed by atoms with van der Waals surface area (Å²) in [7, 11) is 0. The van der Waals surface area contributed by atoms with Crippen LogP contribution < -0.4 is 0 Å². The fraction of sp³-hybridized carbons (Fsp3) is 0.308.